The van der Waals surface area contributed by atoms with Crippen LogP contribution < -0.4 is 14.9 Å². The van der Waals surface area contributed by atoms with Gasteiger partial charge in [-0.25, -0.2) is 5.43 Å². The summed E-state index contributed by atoms with van der Waals surface area (Å²) in [6, 6.07) is 21.2. The van der Waals surface area contributed by atoms with Gasteiger partial charge in [0.2, 0.25) is 0 Å². The molecule has 0 spiro atoms. The molecule has 0 aliphatic rings. The van der Waals surface area contributed by atoms with E-state index in [9.17, 15) is 4.79 Å². The van der Waals surface area contributed by atoms with Crippen LogP contribution >= 0.6 is 0 Å². The van der Waals surface area contributed by atoms with Crippen molar-refractivity contribution in [2.45, 2.75) is 0 Å². The number of amides is 1. The summed E-state index contributed by atoms with van der Waals surface area (Å²) < 4.78 is 10.6. The van der Waals surface area contributed by atoms with E-state index in [1.807, 2.05) is 54.6 Å². The molecule has 0 atom stereocenters. The Kier molecular flexibility index (Phi) is 5.26. The fourth-order valence-electron chi connectivity index (χ4n) is 2.38. The number of carbonyl (C=O) groups is 1. The molecule has 1 amide bonds. The lowest BCUT2D eigenvalue weighted by Gasteiger charge is -2.09. The number of rotatable bonds is 6. The summed E-state index contributed by atoms with van der Waals surface area (Å²) in [5, 5.41) is 6.25. The number of nitrogens with one attached hydrogen (secondary N) is 1. The molecule has 0 aliphatic carbocycles. The number of nitrogens with zero attached hydrogens (tertiary/aromatic N) is 1. The van der Waals surface area contributed by atoms with Crippen molar-refractivity contribution < 1.29 is 14.3 Å². The summed E-state index contributed by atoms with van der Waals surface area (Å²) in [7, 11) is 1.55. The molecule has 5 nitrogen and oxygen atoms in total. The minimum atomic E-state index is -0.344. The van der Waals surface area contributed by atoms with E-state index in [4.69, 9.17) is 9.47 Å². The summed E-state index contributed by atoms with van der Waals surface area (Å²) >= 11 is 0. The van der Waals surface area contributed by atoms with Gasteiger partial charge >= 0.3 is 0 Å². The minimum Gasteiger partial charge on any atom is -0.493 e. The second-order valence-electron chi connectivity index (χ2n) is 5.34. The van der Waals surface area contributed by atoms with E-state index in [0.29, 0.717) is 11.5 Å². The van der Waals surface area contributed by atoms with Crippen molar-refractivity contribution in [1.29, 1.82) is 0 Å². The van der Waals surface area contributed by atoms with Crippen LogP contribution in [0.5, 0.6) is 11.5 Å². The van der Waals surface area contributed by atoms with Crippen LogP contribution in [0.4, 0.5) is 0 Å². The van der Waals surface area contributed by atoms with Crippen molar-refractivity contribution in [3.63, 3.8) is 0 Å². The van der Waals surface area contributed by atoms with Gasteiger partial charge in [-0.05, 0) is 34.5 Å². The van der Waals surface area contributed by atoms with E-state index in [2.05, 4.69) is 10.5 Å². The summed E-state index contributed by atoms with van der Waals surface area (Å²) in [6.45, 7) is -0.143. The second-order valence-corrected chi connectivity index (χ2v) is 5.34. The molecular weight excluding hydrogens is 316 g/mol. The fourth-order valence-corrected chi connectivity index (χ4v) is 2.38. The highest BCUT2D eigenvalue weighted by Gasteiger charge is 2.05. The third-order valence-electron chi connectivity index (χ3n) is 3.60. The SMILES string of the molecule is COc1ccccc1OCC(=O)NN=Cc1ccc2ccccc2c1. The predicted octanol–water partition coefficient (Wildman–Crippen LogP) is 3.38. The number of carbonyl (C=O) groups excluding carboxylic acids is 1. The number of benzene rings is 3. The molecule has 126 valence electrons. The largest absolute Gasteiger partial charge is 0.493 e. The first kappa shape index (κ1) is 16.5. The number of fused-ring (bicyclic) bond motifs is 1. The van der Waals surface area contributed by atoms with Gasteiger partial charge in [-0.2, -0.15) is 5.10 Å². The van der Waals surface area contributed by atoms with Gasteiger partial charge in [0.25, 0.3) is 5.91 Å². The van der Waals surface area contributed by atoms with Gasteiger partial charge < -0.3 is 9.47 Å². The van der Waals surface area contributed by atoms with Gasteiger partial charge in [-0.15, -0.1) is 0 Å². The predicted molar refractivity (Wildman–Crippen MR) is 98.2 cm³/mol. The molecule has 0 aromatic heterocycles. The van der Waals surface area contributed by atoms with E-state index >= 15 is 0 Å². The zero-order chi connectivity index (χ0) is 17.5. The Bertz CT molecular complexity index is 906. The van der Waals surface area contributed by atoms with Crippen LogP contribution in [0, 0.1) is 0 Å². The van der Waals surface area contributed by atoms with Crippen LogP contribution in [-0.4, -0.2) is 25.8 Å². The Labute approximate surface area is 145 Å². The van der Waals surface area contributed by atoms with Crippen molar-refractivity contribution in [1.82, 2.24) is 5.43 Å². The molecule has 0 aliphatic heterocycles. The fraction of sp³-hybridized carbons (Fsp3) is 0.100. The Morgan fingerprint density at radius 1 is 1.00 bits per heavy atom. The van der Waals surface area contributed by atoms with Crippen LogP contribution in [0.25, 0.3) is 10.8 Å². The Morgan fingerprint density at radius 2 is 1.72 bits per heavy atom. The molecule has 0 bridgehead atoms. The topological polar surface area (TPSA) is 59.9 Å². The van der Waals surface area contributed by atoms with Gasteiger partial charge in [-0.3, -0.25) is 4.79 Å². The molecule has 1 N–H and O–H groups in total. The van der Waals surface area contributed by atoms with Crippen LogP contribution in [0.2, 0.25) is 0 Å². The Hall–Kier alpha value is -3.34. The summed E-state index contributed by atoms with van der Waals surface area (Å²) in [5.74, 6) is 0.747. The van der Waals surface area contributed by atoms with E-state index in [1.165, 1.54) is 0 Å². The van der Waals surface area contributed by atoms with Gasteiger partial charge in [0.15, 0.2) is 18.1 Å². The van der Waals surface area contributed by atoms with E-state index in [0.717, 1.165) is 16.3 Å². The summed E-state index contributed by atoms with van der Waals surface area (Å²) in [6.07, 6.45) is 1.60. The molecule has 0 fully saturated rings. The Morgan fingerprint density at radius 3 is 2.52 bits per heavy atom. The summed E-state index contributed by atoms with van der Waals surface area (Å²) in [5.41, 5.74) is 3.36. The highest BCUT2D eigenvalue weighted by atomic mass is 16.5. The zero-order valence-corrected chi connectivity index (χ0v) is 13.8. The smallest absolute Gasteiger partial charge is 0.277 e. The average Bonchev–Trinajstić information content (AvgIpc) is 2.66. The number of para-hydroxylation sites is 2. The first-order valence-corrected chi connectivity index (χ1v) is 7.83. The van der Waals surface area contributed by atoms with Gasteiger partial charge in [0.05, 0.1) is 13.3 Å². The molecule has 0 heterocycles. The van der Waals surface area contributed by atoms with E-state index in [-0.39, 0.29) is 12.5 Å². The first-order chi connectivity index (χ1) is 12.3. The van der Waals surface area contributed by atoms with E-state index < -0.39 is 0 Å². The van der Waals surface area contributed by atoms with Crippen molar-refractivity contribution >= 4 is 22.9 Å². The van der Waals surface area contributed by atoms with Crippen LogP contribution in [-0.2, 0) is 4.79 Å². The minimum absolute atomic E-state index is 0.143. The molecule has 3 aromatic carbocycles. The zero-order valence-electron chi connectivity index (χ0n) is 13.8. The maximum absolute atomic E-state index is 11.8. The maximum Gasteiger partial charge on any atom is 0.277 e. The number of methoxy groups -OCH3 is 1. The van der Waals surface area contributed by atoms with Gasteiger partial charge in [-0.1, -0.05) is 48.5 Å². The lowest BCUT2D eigenvalue weighted by Crippen LogP contribution is -2.24. The molecule has 3 rings (SSSR count). The second kappa shape index (κ2) is 7.97. The third kappa shape index (κ3) is 4.35. The third-order valence-corrected chi connectivity index (χ3v) is 3.60. The van der Waals surface area contributed by atoms with Gasteiger partial charge in [0, 0.05) is 0 Å². The monoisotopic (exact) mass is 334 g/mol. The lowest BCUT2D eigenvalue weighted by molar-refractivity contribution is -0.123. The quantitative estimate of drug-likeness (QED) is 0.555. The van der Waals surface area contributed by atoms with Crippen LogP contribution in [0.15, 0.2) is 71.8 Å². The standard InChI is InChI=1S/C20H18N2O3/c1-24-18-8-4-5-9-19(18)25-14-20(23)22-21-13-15-10-11-16-6-2-3-7-17(16)12-15/h2-13H,14H2,1H3,(H,22,23). The molecule has 0 saturated heterocycles. The van der Waals surface area contributed by atoms with Crippen LogP contribution in [0.1, 0.15) is 5.56 Å². The molecule has 0 radical (unpaired) electrons. The molecule has 5 heteroatoms. The number of hydrogen-bond acceptors (Lipinski definition) is 4. The molecule has 0 saturated carbocycles. The lowest BCUT2D eigenvalue weighted by atomic mass is 10.1. The van der Waals surface area contributed by atoms with Crippen LogP contribution in [0.3, 0.4) is 0 Å². The number of hydrazone groups is 1. The highest BCUT2D eigenvalue weighted by molar-refractivity contribution is 5.90. The Balaban J connectivity index is 1.55. The van der Waals surface area contributed by atoms with Crippen molar-refractivity contribution in [3.05, 3.63) is 72.3 Å². The highest BCUT2D eigenvalue weighted by Crippen LogP contribution is 2.25. The number of hydrogen-bond donors (Lipinski definition) is 1. The molecular formula is C20H18N2O3. The molecule has 0 unspecified atom stereocenters. The molecule has 3 aromatic rings. The van der Waals surface area contributed by atoms with E-state index in [1.54, 1.807) is 25.5 Å². The molecule has 25 heavy (non-hydrogen) atoms. The first-order valence-electron chi connectivity index (χ1n) is 7.83. The van der Waals surface area contributed by atoms with Crippen molar-refractivity contribution in [2.24, 2.45) is 5.10 Å². The van der Waals surface area contributed by atoms with Crippen molar-refractivity contribution in [2.75, 3.05) is 13.7 Å². The summed E-state index contributed by atoms with van der Waals surface area (Å²) in [4.78, 5) is 11.8. The average molecular weight is 334 g/mol. The maximum atomic E-state index is 11.8. The van der Waals surface area contributed by atoms with Crippen molar-refractivity contribution in [3.8, 4) is 11.5 Å². The normalized spacial score (nSPS) is 10.8. The van der Waals surface area contributed by atoms with Gasteiger partial charge in [0.1, 0.15) is 0 Å². The number of ether oxygens (including phenoxy) is 2.